The van der Waals surface area contributed by atoms with Crippen LogP contribution in [0.15, 0.2) is 36.1 Å². The normalized spacial score (nSPS) is 9.61. The molecule has 0 bridgehead atoms. The summed E-state index contributed by atoms with van der Waals surface area (Å²) in [4.78, 5) is 20.7. The molecule has 4 nitrogen and oxygen atoms in total. The number of carbonyl (C=O) groups is 2. The molecule has 0 fully saturated rings. The molecule has 0 aliphatic heterocycles. The Bertz CT molecular complexity index is 434. The van der Waals surface area contributed by atoms with Crippen molar-refractivity contribution in [3.8, 4) is 5.75 Å². The minimum absolute atomic E-state index is 0. The van der Waals surface area contributed by atoms with E-state index in [1.54, 1.807) is 18.2 Å². The van der Waals surface area contributed by atoms with Crippen LogP contribution in [0.1, 0.15) is 31.1 Å². The second-order valence-electron chi connectivity index (χ2n) is 3.47. The van der Waals surface area contributed by atoms with Crippen LogP contribution in [0.25, 0.3) is 0 Å². The van der Waals surface area contributed by atoms with E-state index in [9.17, 15) is 9.59 Å². The van der Waals surface area contributed by atoms with Crippen LogP contribution in [-0.4, -0.2) is 45.7 Å². The van der Waals surface area contributed by atoms with Crippen molar-refractivity contribution in [2.75, 3.05) is 0 Å². The fourth-order valence-corrected chi connectivity index (χ4v) is 1.07. The molecule has 0 saturated heterocycles. The zero-order valence-electron chi connectivity index (χ0n) is 10.6. The summed E-state index contributed by atoms with van der Waals surface area (Å²) in [7, 11) is 0. The number of phenolic OH excluding ortho intramolecular Hbond substituents is 1. The van der Waals surface area contributed by atoms with Gasteiger partial charge in [-0.2, -0.15) is 0 Å². The Morgan fingerprint density at radius 2 is 1.61 bits per heavy atom. The Morgan fingerprint density at radius 3 is 1.83 bits per heavy atom. The number of phenols is 1. The van der Waals surface area contributed by atoms with Crippen molar-refractivity contribution in [3.05, 3.63) is 41.7 Å². The number of benzene rings is 1. The van der Waals surface area contributed by atoms with Gasteiger partial charge in [-0.1, -0.05) is 12.1 Å². The van der Waals surface area contributed by atoms with E-state index in [-0.39, 0.29) is 47.0 Å². The first kappa shape index (κ1) is 19.0. The summed E-state index contributed by atoms with van der Waals surface area (Å²) in [5.74, 6) is -0.124. The molecule has 96 valence electrons. The maximum Gasteiger partial charge on any atom is 0.163 e. The van der Waals surface area contributed by atoms with Gasteiger partial charge < -0.3 is 10.2 Å². The quantitative estimate of drug-likeness (QED) is 0.369. The largest absolute Gasteiger partial charge is 0.512 e. The molecule has 2 N–H and O–H groups in total. The number of aliphatic hydroxyl groups excluding tert-OH is 1. The molecule has 0 unspecified atom stereocenters. The van der Waals surface area contributed by atoms with Gasteiger partial charge in [0.25, 0.3) is 0 Å². The van der Waals surface area contributed by atoms with Gasteiger partial charge in [-0.05, 0) is 32.9 Å². The van der Waals surface area contributed by atoms with E-state index in [1.165, 1.54) is 32.9 Å². The number of aromatic hydroxyl groups is 1. The summed E-state index contributed by atoms with van der Waals surface area (Å²) in [6, 6.07) is 6.49. The molecule has 0 aromatic heterocycles. The molecule has 0 atom stereocenters. The zero-order chi connectivity index (χ0) is 13.4. The van der Waals surface area contributed by atoms with Crippen LogP contribution < -0.4 is 0 Å². The Balaban J connectivity index is 0. The standard InChI is InChI=1S/C8H8O2.C5H8O2.Sn/c1-6(9)7-4-2-3-5-8(7)10;1-4(6)3-5(2)7;/h2-5,10H,1H3;3,6H,1-2H3;/b;4-3+;. The minimum atomic E-state index is -0.125. The van der Waals surface area contributed by atoms with Gasteiger partial charge in [-0.15, -0.1) is 0 Å². The van der Waals surface area contributed by atoms with Gasteiger partial charge in [0.2, 0.25) is 0 Å². The van der Waals surface area contributed by atoms with Gasteiger partial charge in [0.15, 0.2) is 11.6 Å². The first-order valence-corrected chi connectivity index (χ1v) is 5.01. The van der Waals surface area contributed by atoms with Crippen molar-refractivity contribution in [2.24, 2.45) is 0 Å². The predicted molar refractivity (Wildman–Crippen MR) is 70.9 cm³/mol. The molecule has 18 heavy (non-hydrogen) atoms. The van der Waals surface area contributed by atoms with Crippen LogP contribution in [0, 0.1) is 0 Å². The van der Waals surface area contributed by atoms with Crippen LogP contribution in [0.5, 0.6) is 5.75 Å². The van der Waals surface area contributed by atoms with Crippen LogP contribution in [0.3, 0.4) is 0 Å². The molecule has 1 rings (SSSR count). The molecule has 0 spiro atoms. The van der Waals surface area contributed by atoms with Gasteiger partial charge in [0.1, 0.15) is 5.75 Å². The van der Waals surface area contributed by atoms with Gasteiger partial charge in [0, 0.05) is 30.0 Å². The number of hydrogen-bond acceptors (Lipinski definition) is 4. The van der Waals surface area contributed by atoms with E-state index in [2.05, 4.69) is 0 Å². The maximum atomic E-state index is 10.7. The number of allylic oxidation sites excluding steroid dienone is 2. The number of rotatable bonds is 2. The summed E-state index contributed by atoms with van der Waals surface area (Å²) < 4.78 is 0. The SMILES string of the molecule is CC(=O)/C=C(\C)O.CC(=O)c1ccccc1O.[Sn]. The van der Waals surface area contributed by atoms with Gasteiger partial charge >= 0.3 is 0 Å². The van der Waals surface area contributed by atoms with Crippen molar-refractivity contribution in [3.63, 3.8) is 0 Å². The first-order valence-electron chi connectivity index (χ1n) is 5.01. The topological polar surface area (TPSA) is 74.6 Å². The number of carbonyl (C=O) groups excluding carboxylic acids is 2. The second kappa shape index (κ2) is 9.70. The second-order valence-corrected chi connectivity index (χ2v) is 3.47. The summed E-state index contributed by atoms with van der Waals surface area (Å²) in [5.41, 5.74) is 0.377. The molecule has 0 amide bonds. The molecule has 0 saturated carbocycles. The Hall–Kier alpha value is -1.30. The van der Waals surface area contributed by atoms with Crippen molar-refractivity contribution >= 4 is 35.5 Å². The summed E-state index contributed by atoms with van der Waals surface area (Å²) in [6.45, 7) is 4.27. The van der Waals surface area contributed by atoms with Crippen molar-refractivity contribution in [2.45, 2.75) is 20.8 Å². The maximum absolute atomic E-state index is 10.7. The Labute approximate surface area is 123 Å². The summed E-state index contributed by atoms with van der Waals surface area (Å²) in [5, 5.41) is 17.4. The third kappa shape index (κ3) is 8.81. The third-order valence-electron chi connectivity index (χ3n) is 1.70. The summed E-state index contributed by atoms with van der Waals surface area (Å²) in [6.07, 6.45) is 1.17. The number of hydrogen-bond donors (Lipinski definition) is 2. The molecule has 1 aromatic carbocycles. The molecule has 0 heterocycles. The Morgan fingerprint density at radius 1 is 1.11 bits per heavy atom. The molecule has 0 aliphatic rings. The van der Waals surface area contributed by atoms with Crippen LogP contribution in [-0.2, 0) is 4.79 Å². The monoisotopic (exact) mass is 356 g/mol. The molecule has 0 aliphatic carbocycles. The summed E-state index contributed by atoms with van der Waals surface area (Å²) >= 11 is 0. The van der Waals surface area contributed by atoms with E-state index in [0.717, 1.165) is 0 Å². The molecular weight excluding hydrogens is 339 g/mol. The predicted octanol–water partition coefficient (Wildman–Crippen LogP) is 2.25. The third-order valence-corrected chi connectivity index (χ3v) is 1.70. The average molecular weight is 355 g/mol. The van der Waals surface area contributed by atoms with E-state index in [4.69, 9.17) is 10.2 Å². The molecule has 1 aromatic rings. The molecule has 5 heteroatoms. The number of ketones is 2. The van der Waals surface area contributed by atoms with Crippen LogP contribution in [0.2, 0.25) is 0 Å². The molecule has 4 radical (unpaired) electrons. The van der Waals surface area contributed by atoms with Crippen molar-refractivity contribution in [1.29, 1.82) is 0 Å². The van der Waals surface area contributed by atoms with E-state index in [1.807, 2.05) is 0 Å². The van der Waals surface area contributed by atoms with Crippen molar-refractivity contribution in [1.82, 2.24) is 0 Å². The average Bonchev–Trinajstić information content (AvgIpc) is 2.16. The van der Waals surface area contributed by atoms with Gasteiger partial charge in [0.05, 0.1) is 11.3 Å². The number of aliphatic hydroxyl groups is 1. The zero-order valence-corrected chi connectivity index (χ0v) is 13.5. The number of para-hydroxylation sites is 1. The van der Waals surface area contributed by atoms with Gasteiger partial charge in [-0.3, -0.25) is 9.59 Å². The van der Waals surface area contributed by atoms with E-state index in [0.29, 0.717) is 5.56 Å². The first-order chi connectivity index (χ1) is 7.84. The van der Waals surface area contributed by atoms with Crippen LogP contribution in [0.4, 0.5) is 0 Å². The molecular formula is C13H16O4Sn. The fraction of sp³-hybridized carbons (Fsp3) is 0.231. The van der Waals surface area contributed by atoms with Crippen LogP contribution >= 0.6 is 0 Å². The fourth-order valence-electron chi connectivity index (χ4n) is 1.07. The Kier molecular flexibility index (Phi) is 10.3. The van der Waals surface area contributed by atoms with Gasteiger partial charge in [-0.25, -0.2) is 0 Å². The minimum Gasteiger partial charge on any atom is -0.512 e. The smallest absolute Gasteiger partial charge is 0.163 e. The van der Waals surface area contributed by atoms with Crippen molar-refractivity contribution < 1.29 is 19.8 Å². The van der Waals surface area contributed by atoms with E-state index < -0.39 is 0 Å². The number of Topliss-reactive ketones (excluding diaryl/α,β-unsaturated/α-hetero) is 1. The van der Waals surface area contributed by atoms with E-state index >= 15 is 0 Å².